The summed E-state index contributed by atoms with van der Waals surface area (Å²) < 4.78 is 0. The number of carbonyl (C=O) groups excluding carboxylic acids is 3. The summed E-state index contributed by atoms with van der Waals surface area (Å²) >= 11 is 0. The second kappa shape index (κ2) is 9.02. The van der Waals surface area contributed by atoms with E-state index in [1.807, 2.05) is 43.3 Å². The third-order valence-electron chi connectivity index (χ3n) is 6.26. The molecule has 2 aromatic rings. The number of fused-ring (bicyclic) bond motifs is 3. The predicted octanol–water partition coefficient (Wildman–Crippen LogP) is 2.97. The third kappa shape index (κ3) is 4.20. The van der Waals surface area contributed by atoms with Crippen molar-refractivity contribution in [1.29, 1.82) is 0 Å². The Morgan fingerprint density at radius 2 is 1.84 bits per heavy atom. The Morgan fingerprint density at radius 1 is 1.09 bits per heavy atom. The minimum Gasteiger partial charge on any atom is -0.358 e. The zero-order valence-corrected chi connectivity index (χ0v) is 18.9. The van der Waals surface area contributed by atoms with Crippen molar-refractivity contribution < 1.29 is 14.4 Å². The summed E-state index contributed by atoms with van der Waals surface area (Å²) in [4.78, 5) is 44.1. The van der Waals surface area contributed by atoms with E-state index in [0.29, 0.717) is 11.3 Å². The van der Waals surface area contributed by atoms with Crippen molar-refractivity contribution in [2.24, 2.45) is 0 Å². The van der Waals surface area contributed by atoms with Crippen LogP contribution in [0.3, 0.4) is 0 Å². The van der Waals surface area contributed by atoms with Gasteiger partial charge in [0, 0.05) is 26.2 Å². The number of hydrogen-bond acceptors (Lipinski definition) is 4. The smallest absolute Gasteiger partial charge is 0.253 e. The summed E-state index contributed by atoms with van der Waals surface area (Å²) in [6.45, 7) is 2.65. The van der Waals surface area contributed by atoms with Crippen LogP contribution in [0, 0.1) is 0 Å². The number of carbonyl (C=O) groups is 3. The van der Waals surface area contributed by atoms with Crippen LogP contribution in [-0.4, -0.2) is 55.8 Å². The Bertz CT molecular complexity index is 1020. The molecule has 3 amide bonds. The minimum atomic E-state index is -0.258. The van der Waals surface area contributed by atoms with Gasteiger partial charge in [-0.25, -0.2) is 0 Å². The summed E-state index contributed by atoms with van der Waals surface area (Å²) in [5.41, 5.74) is 3.04. The first kappa shape index (κ1) is 21.9. The van der Waals surface area contributed by atoms with E-state index in [1.54, 1.807) is 31.1 Å². The van der Waals surface area contributed by atoms with E-state index in [-0.39, 0.29) is 36.3 Å². The van der Waals surface area contributed by atoms with Gasteiger partial charge in [0.25, 0.3) is 5.91 Å². The summed E-state index contributed by atoms with van der Waals surface area (Å²) in [5.74, 6) is -0.438. The zero-order valence-electron chi connectivity index (χ0n) is 18.9. The minimum absolute atomic E-state index is 0.0748. The van der Waals surface area contributed by atoms with Crippen LogP contribution in [0.1, 0.15) is 48.1 Å². The number of nitrogens with zero attached hydrogens (tertiary/aromatic N) is 3. The molecule has 32 heavy (non-hydrogen) atoms. The molecule has 168 valence electrons. The van der Waals surface area contributed by atoms with E-state index in [1.165, 1.54) is 4.90 Å². The van der Waals surface area contributed by atoms with Gasteiger partial charge in [-0.3, -0.25) is 19.3 Å². The van der Waals surface area contributed by atoms with Crippen LogP contribution in [0.25, 0.3) is 0 Å². The van der Waals surface area contributed by atoms with Crippen molar-refractivity contribution in [2.45, 2.75) is 38.3 Å². The monoisotopic (exact) mass is 434 g/mol. The molecule has 0 spiro atoms. The highest BCUT2D eigenvalue weighted by Crippen LogP contribution is 2.40. The molecule has 0 unspecified atom stereocenters. The van der Waals surface area contributed by atoms with Crippen molar-refractivity contribution in [3.05, 3.63) is 59.7 Å². The van der Waals surface area contributed by atoms with Crippen LogP contribution < -0.4 is 15.1 Å². The van der Waals surface area contributed by atoms with Gasteiger partial charge >= 0.3 is 0 Å². The fraction of sp³-hybridized carbons (Fsp3) is 0.400. The highest BCUT2D eigenvalue weighted by atomic mass is 16.2. The molecule has 2 aliphatic heterocycles. The molecule has 2 heterocycles. The molecule has 0 aliphatic carbocycles. The van der Waals surface area contributed by atoms with Crippen LogP contribution in [-0.2, 0) is 9.59 Å². The molecular formula is C25H30N4O3. The molecule has 2 atom stereocenters. The Morgan fingerprint density at radius 3 is 2.56 bits per heavy atom. The topological polar surface area (TPSA) is 73.0 Å². The molecule has 7 heteroatoms. The van der Waals surface area contributed by atoms with Gasteiger partial charge < -0.3 is 15.1 Å². The molecule has 4 rings (SSSR count). The Hall–Kier alpha value is -3.35. The standard InChI is InChI=1S/C25H30N4O3/c1-17(18-9-5-4-6-10-18)26-23(30)16-29-22-15-19(24(31)27(2)3)12-13-20(22)28-14-8-7-11-21(28)25(29)32/h4-6,9-10,12-13,15,17,21H,7-8,11,14,16H2,1-3H3,(H,26,30)/t17-,21-/m1/s1. The van der Waals surface area contributed by atoms with Gasteiger partial charge in [-0.2, -0.15) is 0 Å². The fourth-order valence-corrected chi connectivity index (χ4v) is 4.57. The molecule has 1 N–H and O–H groups in total. The molecule has 0 saturated carbocycles. The number of piperidine rings is 1. The van der Waals surface area contributed by atoms with Crippen LogP contribution >= 0.6 is 0 Å². The van der Waals surface area contributed by atoms with Crippen molar-refractivity contribution in [1.82, 2.24) is 10.2 Å². The number of benzene rings is 2. The molecular weight excluding hydrogens is 404 g/mol. The molecule has 0 bridgehead atoms. The number of amides is 3. The number of anilines is 2. The highest BCUT2D eigenvalue weighted by Gasteiger charge is 2.40. The average Bonchev–Trinajstić information content (AvgIpc) is 2.81. The van der Waals surface area contributed by atoms with Crippen LogP contribution in [0.2, 0.25) is 0 Å². The third-order valence-corrected chi connectivity index (χ3v) is 6.26. The van der Waals surface area contributed by atoms with E-state index in [0.717, 1.165) is 37.1 Å². The van der Waals surface area contributed by atoms with E-state index in [2.05, 4.69) is 10.2 Å². The molecule has 7 nitrogen and oxygen atoms in total. The lowest BCUT2D eigenvalue weighted by molar-refractivity contribution is -0.125. The molecule has 2 aliphatic rings. The molecule has 1 saturated heterocycles. The van der Waals surface area contributed by atoms with Gasteiger partial charge in [-0.1, -0.05) is 30.3 Å². The van der Waals surface area contributed by atoms with Crippen molar-refractivity contribution in [3.63, 3.8) is 0 Å². The van der Waals surface area contributed by atoms with E-state index in [9.17, 15) is 14.4 Å². The van der Waals surface area contributed by atoms with Gasteiger partial charge in [0.2, 0.25) is 11.8 Å². The van der Waals surface area contributed by atoms with Crippen LogP contribution in [0.5, 0.6) is 0 Å². The number of rotatable bonds is 5. The first-order chi connectivity index (χ1) is 15.4. The predicted molar refractivity (Wildman–Crippen MR) is 125 cm³/mol. The summed E-state index contributed by atoms with van der Waals surface area (Å²) in [6, 6.07) is 14.8. The largest absolute Gasteiger partial charge is 0.358 e. The first-order valence-electron chi connectivity index (χ1n) is 11.1. The molecule has 1 fully saturated rings. The Labute approximate surface area is 189 Å². The van der Waals surface area contributed by atoms with E-state index in [4.69, 9.17) is 0 Å². The van der Waals surface area contributed by atoms with Gasteiger partial charge in [0.15, 0.2) is 0 Å². The Kier molecular flexibility index (Phi) is 6.17. The van der Waals surface area contributed by atoms with Gasteiger partial charge in [0.05, 0.1) is 17.4 Å². The van der Waals surface area contributed by atoms with Crippen LogP contribution in [0.15, 0.2) is 48.5 Å². The second-order valence-corrected chi connectivity index (χ2v) is 8.73. The van der Waals surface area contributed by atoms with Crippen molar-refractivity contribution in [3.8, 4) is 0 Å². The first-order valence-corrected chi connectivity index (χ1v) is 11.1. The average molecular weight is 435 g/mol. The normalized spacial score (nSPS) is 18.5. The lowest BCUT2D eigenvalue weighted by Crippen LogP contribution is -2.57. The molecule has 0 radical (unpaired) electrons. The summed E-state index contributed by atoms with van der Waals surface area (Å²) in [5, 5.41) is 3.00. The highest BCUT2D eigenvalue weighted by molar-refractivity contribution is 6.09. The second-order valence-electron chi connectivity index (χ2n) is 8.73. The van der Waals surface area contributed by atoms with Gasteiger partial charge in [-0.15, -0.1) is 0 Å². The fourth-order valence-electron chi connectivity index (χ4n) is 4.57. The van der Waals surface area contributed by atoms with Crippen molar-refractivity contribution in [2.75, 3.05) is 37.0 Å². The van der Waals surface area contributed by atoms with E-state index >= 15 is 0 Å². The molecule has 2 aromatic carbocycles. The maximum absolute atomic E-state index is 13.4. The Balaban J connectivity index is 1.63. The summed E-state index contributed by atoms with van der Waals surface area (Å²) in [7, 11) is 3.40. The number of nitrogens with one attached hydrogen (secondary N) is 1. The summed E-state index contributed by atoms with van der Waals surface area (Å²) in [6.07, 6.45) is 2.79. The van der Waals surface area contributed by atoms with E-state index < -0.39 is 0 Å². The van der Waals surface area contributed by atoms with Crippen molar-refractivity contribution >= 4 is 29.1 Å². The lowest BCUT2D eigenvalue weighted by atomic mass is 9.95. The zero-order chi connectivity index (χ0) is 22.8. The maximum Gasteiger partial charge on any atom is 0.253 e. The SMILES string of the molecule is C[C@@H](NC(=O)CN1C(=O)[C@H]2CCCCN2c2ccc(C(=O)N(C)C)cc21)c1ccccc1. The lowest BCUT2D eigenvalue weighted by Gasteiger charge is -2.45. The van der Waals surface area contributed by atoms with Crippen LogP contribution in [0.4, 0.5) is 11.4 Å². The van der Waals surface area contributed by atoms with Gasteiger partial charge in [-0.05, 0) is 49.9 Å². The number of hydrogen-bond donors (Lipinski definition) is 1. The van der Waals surface area contributed by atoms with Gasteiger partial charge in [0.1, 0.15) is 12.6 Å². The quantitative estimate of drug-likeness (QED) is 0.785. The molecule has 0 aromatic heterocycles. The maximum atomic E-state index is 13.4.